The zero-order valence-corrected chi connectivity index (χ0v) is 12.1. The summed E-state index contributed by atoms with van der Waals surface area (Å²) in [5.41, 5.74) is 3.71. The Morgan fingerprint density at radius 3 is 2.40 bits per heavy atom. The minimum atomic E-state index is -0.447. The first-order valence-corrected chi connectivity index (χ1v) is 7.33. The van der Waals surface area contributed by atoms with Crippen molar-refractivity contribution in [1.29, 1.82) is 0 Å². The van der Waals surface area contributed by atoms with Crippen LogP contribution in [0.5, 0.6) is 0 Å². The van der Waals surface area contributed by atoms with Crippen molar-refractivity contribution in [1.82, 2.24) is 4.90 Å². The van der Waals surface area contributed by atoms with E-state index in [9.17, 15) is 5.11 Å². The molecule has 3 rings (SSSR count). The minimum Gasteiger partial charge on any atom is -0.388 e. The van der Waals surface area contributed by atoms with E-state index in [1.165, 1.54) is 11.1 Å². The Bertz CT molecular complexity index is 574. The van der Waals surface area contributed by atoms with Crippen LogP contribution < -0.4 is 0 Å². The molecule has 1 N–H and O–H groups in total. The van der Waals surface area contributed by atoms with Gasteiger partial charge in [-0.1, -0.05) is 48.0 Å². The number of hydrogen-bond acceptors (Lipinski definition) is 2. The lowest BCUT2D eigenvalue weighted by atomic mass is 10.1. The lowest BCUT2D eigenvalue weighted by molar-refractivity contribution is 0.141. The molecule has 0 saturated heterocycles. The first-order chi connectivity index (χ1) is 9.72. The Hall–Kier alpha value is -1.35. The molecule has 0 fully saturated rings. The molecule has 0 radical (unpaired) electrons. The van der Waals surface area contributed by atoms with Gasteiger partial charge in [0.15, 0.2) is 0 Å². The molecule has 1 atom stereocenters. The third-order valence-corrected chi connectivity index (χ3v) is 4.09. The molecule has 1 unspecified atom stereocenters. The molecule has 0 spiro atoms. The van der Waals surface area contributed by atoms with Gasteiger partial charge in [0.05, 0.1) is 6.10 Å². The van der Waals surface area contributed by atoms with E-state index in [1.54, 1.807) is 0 Å². The molecule has 104 valence electrons. The Balaban J connectivity index is 1.56. The predicted molar refractivity (Wildman–Crippen MR) is 81.6 cm³/mol. The van der Waals surface area contributed by atoms with Gasteiger partial charge in [0, 0.05) is 24.7 Å². The quantitative estimate of drug-likeness (QED) is 0.925. The van der Waals surface area contributed by atoms with E-state index in [-0.39, 0.29) is 0 Å². The summed E-state index contributed by atoms with van der Waals surface area (Å²) in [5.74, 6) is 0. The number of benzene rings is 2. The molecule has 2 aromatic rings. The monoisotopic (exact) mass is 287 g/mol. The van der Waals surface area contributed by atoms with Crippen LogP contribution >= 0.6 is 11.6 Å². The van der Waals surface area contributed by atoms with Crippen LogP contribution in [0.3, 0.4) is 0 Å². The number of fused-ring (bicyclic) bond motifs is 1. The molecule has 20 heavy (non-hydrogen) atoms. The van der Waals surface area contributed by atoms with Crippen molar-refractivity contribution in [3.8, 4) is 0 Å². The van der Waals surface area contributed by atoms with Crippen molar-refractivity contribution < 1.29 is 5.11 Å². The van der Waals surface area contributed by atoms with E-state index in [0.717, 1.165) is 31.6 Å². The molecule has 0 amide bonds. The van der Waals surface area contributed by atoms with E-state index in [1.807, 2.05) is 24.3 Å². The van der Waals surface area contributed by atoms with Gasteiger partial charge in [-0.2, -0.15) is 0 Å². The van der Waals surface area contributed by atoms with Crippen LogP contribution in [0, 0.1) is 0 Å². The number of nitrogens with zero attached hydrogens (tertiary/aromatic N) is 1. The van der Waals surface area contributed by atoms with E-state index in [0.29, 0.717) is 5.02 Å². The van der Waals surface area contributed by atoms with Crippen LogP contribution in [0.2, 0.25) is 5.02 Å². The maximum Gasteiger partial charge on any atom is 0.0802 e. The summed E-state index contributed by atoms with van der Waals surface area (Å²) in [6.07, 6.45) is 0.284. The second kappa shape index (κ2) is 5.96. The highest BCUT2D eigenvalue weighted by atomic mass is 35.5. The molecule has 2 nitrogen and oxygen atoms in total. The summed E-state index contributed by atoms with van der Waals surface area (Å²) >= 11 is 5.96. The minimum absolute atomic E-state index is 0.447. The van der Waals surface area contributed by atoms with E-state index >= 15 is 0 Å². The fourth-order valence-electron chi connectivity index (χ4n) is 2.75. The Morgan fingerprint density at radius 2 is 1.75 bits per heavy atom. The zero-order valence-electron chi connectivity index (χ0n) is 11.3. The molecule has 1 aliphatic heterocycles. The Morgan fingerprint density at radius 1 is 1.05 bits per heavy atom. The van der Waals surface area contributed by atoms with Gasteiger partial charge in [-0.05, 0) is 35.2 Å². The Labute approximate surface area is 124 Å². The van der Waals surface area contributed by atoms with Gasteiger partial charge < -0.3 is 5.11 Å². The first-order valence-electron chi connectivity index (χ1n) is 6.95. The van der Waals surface area contributed by atoms with E-state index in [2.05, 4.69) is 29.2 Å². The predicted octanol–water partition coefficient (Wildman–Crippen LogP) is 3.78. The fourth-order valence-corrected chi connectivity index (χ4v) is 2.95. The second-order valence-corrected chi connectivity index (χ2v) is 5.78. The van der Waals surface area contributed by atoms with Gasteiger partial charge in [-0.15, -0.1) is 0 Å². The fraction of sp³-hybridized carbons (Fsp3) is 0.294. The number of aliphatic hydroxyl groups is 1. The standard InChI is InChI=1S/C17H18ClNO/c18-16-7-3-6-13(10-16)17(20)8-9-19-11-14-4-1-2-5-15(14)12-19/h1-7,10,17,20H,8-9,11-12H2. The highest BCUT2D eigenvalue weighted by Crippen LogP contribution is 2.25. The van der Waals surface area contributed by atoms with Gasteiger partial charge in [0.2, 0.25) is 0 Å². The molecule has 0 bridgehead atoms. The van der Waals surface area contributed by atoms with Crippen LogP contribution in [-0.4, -0.2) is 16.6 Å². The van der Waals surface area contributed by atoms with E-state index in [4.69, 9.17) is 11.6 Å². The van der Waals surface area contributed by atoms with Crippen molar-refractivity contribution in [3.05, 3.63) is 70.2 Å². The summed E-state index contributed by atoms with van der Waals surface area (Å²) in [6.45, 7) is 2.86. The lowest BCUT2D eigenvalue weighted by Crippen LogP contribution is -2.19. The maximum atomic E-state index is 10.2. The van der Waals surface area contributed by atoms with Gasteiger partial charge in [-0.25, -0.2) is 0 Å². The number of rotatable bonds is 4. The average Bonchev–Trinajstić information content (AvgIpc) is 2.87. The normalized spacial score (nSPS) is 16.1. The number of hydrogen-bond donors (Lipinski definition) is 1. The second-order valence-electron chi connectivity index (χ2n) is 5.34. The molecule has 1 aliphatic rings. The molecular weight excluding hydrogens is 270 g/mol. The van der Waals surface area contributed by atoms with Crippen LogP contribution in [0.4, 0.5) is 0 Å². The van der Waals surface area contributed by atoms with Crippen molar-refractivity contribution >= 4 is 11.6 Å². The van der Waals surface area contributed by atoms with Crippen molar-refractivity contribution in [3.63, 3.8) is 0 Å². The summed E-state index contributed by atoms with van der Waals surface area (Å²) in [7, 11) is 0. The third-order valence-electron chi connectivity index (χ3n) is 3.86. The van der Waals surface area contributed by atoms with Gasteiger partial charge in [-0.3, -0.25) is 4.90 Å². The molecule has 0 aromatic heterocycles. The Kier molecular flexibility index (Phi) is 4.06. The van der Waals surface area contributed by atoms with Crippen molar-refractivity contribution in [2.24, 2.45) is 0 Å². The van der Waals surface area contributed by atoms with Gasteiger partial charge >= 0.3 is 0 Å². The molecule has 0 saturated carbocycles. The van der Waals surface area contributed by atoms with Crippen molar-refractivity contribution in [2.45, 2.75) is 25.6 Å². The van der Waals surface area contributed by atoms with Crippen LogP contribution in [0.25, 0.3) is 0 Å². The molecular formula is C17H18ClNO. The van der Waals surface area contributed by atoms with Gasteiger partial charge in [0.25, 0.3) is 0 Å². The number of aliphatic hydroxyl groups excluding tert-OH is 1. The third kappa shape index (κ3) is 3.04. The maximum absolute atomic E-state index is 10.2. The summed E-state index contributed by atoms with van der Waals surface area (Å²) in [6, 6.07) is 16.0. The lowest BCUT2D eigenvalue weighted by Gasteiger charge is -2.18. The summed E-state index contributed by atoms with van der Waals surface area (Å²) in [4.78, 5) is 2.37. The van der Waals surface area contributed by atoms with Crippen LogP contribution in [0.1, 0.15) is 29.2 Å². The topological polar surface area (TPSA) is 23.5 Å². The number of halogens is 1. The summed E-state index contributed by atoms with van der Waals surface area (Å²) in [5, 5.41) is 10.9. The van der Waals surface area contributed by atoms with Crippen LogP contribution in [-0.2, 0) is 13.1 Å². The van der Waals surface area contributed by atoms with E-state index < -0.39 is 6.10 Å². The molecule has 0 aliphatic carbocycles. The molecule has 2 aromatic carbocycles. The van der Waals surface area contributed by atoms with Crippen molar-refractivity contribution in [2.75, 3.05) is 6.54 Å². The highest BCUT2D eigenvalue weighted by Gasteiger charge is 2.19. The average molecular weight is 288 g/mol. The van der Waals surface area contributed by atoms with Gasteiger partial charge in [0.1, 0.15) is 0 Å². The highest BCUT2D eigenvalue weighted by molar-refractivity contribution is 6.30. The van der Waals surface area contributed by atoms with Crippen LogP contribution in [0.15, 0.2) is 48.5 Å². The largest absolute Gasteiger partial charge is 0.388 e. The molecule has 1 heterocycles. The SMILES string of the molecule is OC(CCN1Cc2ccccc2C1)c1cccc(Cl)c1. The zero-order chi connectivity index (χ0) is 13.9. The summed E-state index contributed by atoms with van der Waals surface area (Å²) < 4.78 is 0. The molecule has 3 heteroatoms. The smallest absolute Gasteiger partial charge is 0.0802 e. The first kappa shape index (κ1) is 13.6.